The molecule has 7 nitrogen and oxygen atoms in total. The number of nitrogens with one attached hydrogen (secondary N) is 1. The first-order valence-electron chi connectivity index (χ1n) is 12.1. The van der Waals surface area contributed by atoms with Gasteiger partial charge in [0.2, 0.25) is 11.8 Å². The molecule has 0 spiro atoms. The topological polar surface area (TPSA) is 86.8 Å². The number of benzene rings is 3. The third kappa shape index (κ3) is 7.65. The zero-order chi connectivity index (χ0) is 30.5. The van der Waals surface area contributed by atoms with Gasteiger partial charge in [-0.05, 0) is 54.4 Å². The van der Waals surface area contributed by atoms with Gasteiger partial charge in [-0.3, -0.25) is 13.9 Å². The van der Waals surface area contributed by atoms with E-state index in [1.54, 1.807) is 19.1 Å². The van der Waals surface area contributed by atoms with Crippen molar-refractivity contribution in [1.29, 1.82) is 0 Å². The highest BCUT2D eigenvalue weighted by Crippen LogP contribution is 2.37. The summed E-state index contributed by atoms with van der Waals surface area (Å²) in [6.45, 7) is 0.444. The van der Waals surface area contributed by atoms with Crippen LogP contribution in [0.25, 0.3) is 0 Å². The van der Waals surface area contributed by atoms with Crippen molar-refractivity contribution in [2.45, 2.75) is 37.0 Å². The summed E-state index contributed by atoms with van der Waals surface area (Å²) < 4.78 is 68.9. The minimum absolute atomic E-state index is 0.131. The van der Waals surface area contributed by atoms with Crippen LogP contribution in [-0.2, 0) is 32.3 Å². The van der Waals surface area contributed by atoms with Crippen LogP contribution >= 0.6 is 34.8 Å². The van der Waals surface area contributed by atoms with E-state index in [0.29, 0.717) is 27.0 Å². The zero-order valence-corrected chi connectivity index (χ0v) is 24.8. The van der Waals surface area contributed by atoms with Crippen molar-refractivity contribution in [2.75, 3.05) is 17.9 Å². The summed E-state index contributed by atoms with van der Waals surface area (Å²) >= 11 is 18.5. The van der Waals surface area contributed by atoms with Crippen molar-refractivity contribution >= 4 is 62.3 Å². The SMILES string of the molecule is CCC(C(=O)NC)N(Cc1ccc(Cl)cc1Cl)C(=O)CN(c1cc(C(F)(F)F)ccc1Cl)S(=O)(=O)c1ccccc1. The third-order valence-corrected chi connectivity index (χ3v) is 8.82. The molecule has 14 heteroatoms. The third-order valence-electron chi connectivity index (χ3n) is 6.14. The molecule has 41 heavy (non-hydrogen) atoms. The Morgan fingerprint density at radius 2 is 1.61 bits per heavy atom. The van der Waals surface area contributed by atoms with Gasteiger partial charge in [-0.1, -0.05) is 66.0 Å². The second kappa shape index (κ2) is 13.3. The average molecular weight is 651 g/mol. The molecule has 0 aliphatic heterocycles. The number of alkyl halides is 3. The average Bonchev–Trinajstić information content (AvgIpc) is 2.92. The van der Waals surface area contributed by atoms with Gasteiger partial charge in [-0.15, -0.1) is 0 Å². The van der Waals surface area contributed by atoms with Crippen LogP contribution in [0.15, 0.2) is 71.6 Å². The summed E-state index contributed by atoms with van der Waals surface area (Å²) in [5.74, 6) is -1.43. The molecule has 0 saturated carbocycles. The van der Waals surface area contributed by atoms with Gasteiger partial charge in [-0.25, -0.2) is 8.42 Å². The maximum atomic E-state index is 13.9. The molecule has 0 radical (unpaired) electrons. The molecule has 0 aliphatic rings. The Bertz CT molecular complexity index is 1520. The summed E-state index contributed by atoms with van der Waals surface area (Å²) in [6.07, 6.45) is -4.69. The molecule has 3 aromatic rings. The molecular formula is C27H25Cl3F3N3O4S. The summed E-state index contributed by atoms with van der Waals surface area (Å²) in [6, 6.07) is 12.5. The normalized spacial score (nSPS) is 12.5. The number of nitrogens with zero attached hydrogens (tertiary/aromatic N) is 2. The number of rotatable bonds is 10. The number of hydrogen-bond donors (Lipinski definition) is 1. The van der Waals surface area contributed by atoms with E-state index in [-0.39, 0.29) is 27.9 Å². The highest BCUT2D eigenvalue weighted by molar-refractivity contribution is 7.92. The predicted octanol–water partition coefficient (Wildman–Crippen LogP) is 6.41. The minimum atomic E-state index is -4.82. The highest BCUT2D eigenvalue weighted by Gasteiger charge is 2.37. The first-order chi connectivity index (χ1) is 19.2. The zero-order valence-electron chi connectivity index (χ0n) is 21.8. The van der Waals surface area contributed by atoms with Gasteiger partial charge >= 0.3 is 6.18 Å². The Kier molecular flexibility index (Phi) is 10.6. The van der Waals surface area contributed by atoms with E-state index in [0.717, 1.165) is 11.0 Å². The lowest BCUT2D eigenvalue weighted by molar-refractivity contribution is -0.140. The molecule has 0 saturated heterocycles. The van der Waals surface area contributed by atoms with Crippen molar-refractivity contribution < 1.29 is 31.2 Å². The number of carbonyl (C=O) groups excluding carboxylic acids is 2. The van der Waals surface area contributed by atoms with Crippen LogP contribution < -0.4 is 9.62 Å². The number of anilines is 1. The van der Waals surface area contributed by atoms with E-state index in [1.165, 1.54) is 43.4 Å². The molecule has 2 amide bonds. The monoisotopic (exact) mass is 649 g/mol. The van der Waals surface area contributed by atoms with Crippen LogP contribution in [-0.4, -0.2) is 44.8 Å². The van der Waals surface area contributed by atoms with Crippen LogP contribution in [0.4, 0.5) is 18.9 Å². The van der Waals surface area contributed by atoms with E-state index in [2.05, 4.69) is 5.32 Å². The fraction of sp³-hybridized carbons (Fsp3) is 0.259. The van der Waals surface area contributed by atoms with Gasteiger partial charge in [0, 0.05) is 23.6 Å². The highest BCUT2D eigenvalue weighted by atomic mass is 35.5. The molecule has 1 unspecified atom stereocenters. The molecular weight excluding hydrogens is 626 g/mol. The number of hydrogen-bond acceptors (Lipinski definition) is 4. The largest absolute Gasteiger partial charge is 0.416 e. The van der Waals surface area contributed by atoms with Gasteiger partial charge < -0.3 is 10.2 Å². The fourth-order valence-electron chi connectivity index (χ4n) is 4.03. The Labute approximate surface area is 250 Å². The minimum Gasteiger partial charge on any atom is -0.357 e. The van der Waals surface area contributed by atoms with Crippen LogP contribution in [0.2, 0.25) is 15.1 Å². The fourth-order valence-corrected chi connectivity index (χ4v) is 6.22. The van der Waals surface area contributed by atoms with Crippen molar-refractivity contribution in [2.24, 2.45) is 0 Å². The first kappa shape index (κ1) is 32.5. The van der Waals surface area contributed by atoms with Crippen molar-refractivity contribution in [3.63, 3.8) is 0 Å². The number of sulfonamides is 1. The quantitative estimate of drug-likeness (QED) is 0.275. The smallest absolute Gasteiger partial charge is 0.357 e. The summed E-state index contributed by atoms with van der Waals surface area (Å²) in [4.78, 5) is 27.5. The molecule has 0 aromatic heterocycles. The number of carbonyl (C=O) groups is 2. The lowest BCUT2D eigenvalue weighted by atomic mass is 10.1. The summed E-state index contributed by atoms with van der Waals surface area (Å²) in [5, 5.41) is 2.65. The van der Waals surface area contributed by atoms with Gasteiger partial charge in [0.15, 0.2) is 0 Å². The number of amides is 2. The van der Waals surface area contributed by atoms with E-state index >= 15 is 0 Å². The molecule has 0 fully saturated rings. The lowest BCUT2D eigenvalue weighted by Gasteiger charge is -2.33. The maximum Gasteiger partial charge on any atom is 0.416 e. The van der Waals surface area contributed by atoms with Gasteiger partial charge in [0.25, 0.3) is 10.0 Å². The molecule has 3 aromatic carbocycles. The van der Waals surface area contributed by atoms with Crippen molar-refractivity contribution in [3.8, 4) is 0 Å². The molecule has 1 atom stereocenters. The van der Waals surface area contributed by atoms with Crippen molar-refractivity contribution in [1.82, 2.24) is 10.2 Å². The van der Waals surface area contributed by atoms with Crippen molar-refractivity contribution in [3.05, 3.63) is 92.9 Å². The lowest BCUT2D eigenvalue weighted by Crippen LogP contribution is -2.51. The van der Waals surface area contributed by atoms with E-state index in [9.17, 15) is 31.2 Å². The second-order valence-corrected chi connectivity index (χ2v) is 11.9. The van der Waals surface area contributed by atoms with Gasteiger partial charge in [0.1, 0.15) is 12.6 Å². The standard InChI is InChI=1S/C27H25Cl3F3N3O4S/c1-3-23(26(38)34-2)35(15-17-9-11-19(28)14-22(17)30)25(37)16-36(41(39,40)20-7-5-4-6-8-20)24-13-18(27(31,32)33)10-12-21(24)29/h4-14,23H,3,15-16H2,1-2H3,(H,34,38). The predicted molar refractivity (Wildman–Crippen MR) is 153 cm³/mol. The first-order valence-corrected chi connectivity index (χ1v) is 14.7. The Morgan fingerprint density at radius 1 is 0.951 bits per heavy atom. The number of halogens is 6. The Balaban J connectivity index is 2.17. The maximum absolute atomic E-state index is 13.9. The van der Waals surface area contributed by atoms with Crippen LogP contribution in [0.3, 0.4) is 0 Å². The van der Waals surface area contributed by atoms with Crippen LogP contribution in [0.5, 0.6) is 0 Å². The van der Waals surface area contributed by atoms with E-state index in [1.807, 2.05) is 0 Å². The summed E-state index contributed by atoms with van der Waals surface area (Å²) in [5.41, 5.74) is -1.32. The molecule has 220 valence electrons. The summed E-state index contributed by atoms with van der Waals surface area (Å²) in [7, 11) is -3.25. The van der Waals surface area contributed by atoms with E-state index < -0.39 is 51.9 Å². The molecule has 0 bridgehead atoms. The van der Waals surface area contributed by atoms with Gasteiger partial charge in [0.05, 0.1) is 21.2 Å². The van der Waals surface area contributed by atoms with Crippen LogP contribution in [0, 0.1) is 0 Å². The molecule has 0 heterocycles. The molecule has 3 rings (SSSR count). The Hall–Kier alpha value is -2.99. The van der Waals surface area contributed by atoms with E-state index in [4.69, 9.17) is 34.8 Å². The second-order valence-electron chi connectivity index (χ2n) is 8.78. The van der Waals surface area contributed by atoms with Crippen LogP contribution in [0.1, 0.15) is 24.5 Å². The number of likely N-dealkylation sites (N-methyl/N-ethyl adjacent to an activating group) is 1. The Morgan fingerprint density at radius 3 is 2.17 bits per heavy atom. The molecule has 0 aliphatic carbocycles. The molecule has 1 N–H and O–H groups in total. The van der Waals surface area contributed by atoms with Gasteiger partial charge in [-0.2, -0.15) is 13.2 Å².